The highest BCUT2D eigenvalue weighted by atomic mass is 19.1. The molecule has 4 rings (SSSR count). The summed E-state index contributed by atoms with van der Waals surface area (Å²) in [4.78, 5) is 28.2. The Morgan fingerprint density at radius 3 is 2.57 bits per heavy atom. The van der Waals surface area contributed by atoms with Crippen molar-refractivity contribution in [2.45, 2.75) is 51.2 Å². The lowest BCUT2D eigenvalue weighted by Gasteiger charge is -2.43. The maximum Gasteiger partial charge on any atom is 0.330 e. The number of carbonyl (C=O) groups is 1. The summed E-state index contributed by atoms with van der Waals surface area (Å²) >= 11 is 0. The van der Waals surface area contributed by atoms with Gasteiger partial charge in [0.1, 0.15) is 11.6 Å². The van der Waals surface area contributed by atoms with E-state index in [9.17, 15) is 9.18 Å². The molecule has 1 saturated carbocycles. The van der Waals surface area contributed by atoms with Crippen LogP contribution in [0.3, 0.4) is 0 Å². The van der Waals surface area contributed by atoms with Crippen molar-refractivity contribution < 1.29 is 9.18 Å². The lowest BCUT2D eigenvalue weighted by atomic mass is 9.89. The van der Waals surface area contributed by atoms with Gasteiger partial charge in [-0.1, -0.05) is 12.1 Å². The van der Waals surface area contributed by atoms with E-state index in [4.69, 9.17) is 0 Å². The third-order valence-corrected chi connectivity index (χ3v) is 6.28. The number of nitrogens with one attached hydrogen (secondary N) is 1. The number of anilines is 3. The summed E-state index contributed by atoms with van der Waals surface area (Å²) in [6.07, 6.45) is 5.54. The number of para-hydroxylation sites is 1. The Hall–Kier alpha value is -2.74. The van der Waals surface area contributed by atoms with E-state index in [0.717, 1.165) is 36.8 Å². The van der Waals surface area contributed by atoms with Crippen LogP contribution in [0.15, 0.2) is 24.4 Å². The molecule has 30 heavy (non-hydrogen) atoms. The molecule has 8 heteroatoms. The highest BCUT2D eigenvalue weighted by Crippen LogP contribution is 2.37. The maximum atomic E-state index is 14.8. The minimum absolute atomic E-state index is 0.0296. The SMILES string of the molecule is CNc1ncc2c(n1)N(C1CCC(N(C)C)CC1)C(=O)N(c1c(C)cccc1F)C2. The zero-order chi connectivity index (χ0) is 21.4. The van der Waals surface area contributed by atoms with Gasteiger partial charge in [0.2, 0.25) is 5.95 Å². The van der Waals surface area contributed by atoms with Crippen LogP contribution in [0.2, 0.25) is 0 Å². The van der Waals surface area contributed by atoms with E-state index in [0.29, 0.717) is 23.5 Å². The molecule has 0 saturated heterocycles. The third kappa shape index (κ3) is 3.60. The molecule has 0 spiro atoms. The number of hydrogen-bond donors (Lipinski definition) is 1. The van der Waals surface area contributed by atoms with Crippen LogP contribution >= 0.6 is 0 Å². The molecule has 2 aromatic rings. The third-order valence-electron chi connectivity index (χ3n) is 6.28. The van der Waals surface area contributed by atoms with Crippen molar-refractivity contribution in [3.63, 3.8) is 0 Å². The van der Waals surface area contributed by atoms with Crippen LogP contribution in [0.4, 0.5) is 26.6 Å². The predicted octanol–water partition coefficient (Wildman–Crippen LogP) is 3.79. The summed E-state index contributed by atoms with van der Waals surface area (Å²) in [6.45, 7) is 2.08. The number of nitrogens with zero attached hydrogens (tertiary/aromatic N) is 5. The van der Waals surface area contributed by atoms with Gasteiger partial charge >= 0.3 is 6.03 Å². The summed E-state index contributed by atoms with van der Waals surface area (Å²) in [7, 11) is 5.96. The molecule has 2 amide bonds. The zero-order valence-electron chi connectivity index (χ0n) is 18.0. The average molecular weight is 413 g/mol. The summed E-state index contributed by atoms with van der Waals surface area (Å²) in [5.41, 5.74) is 1.89. The van der Waals surface area contributed by atoms with Gasteiger partial charge in [0, 0.05) is 30.9 Å². The Balaban J connectivity index is 1.74. The van der Waals surface area contributed by atoms with Gasteiger partial charge in [0.25, 0.3) is 0 Å². The predicted molar refractivity (Wildman–Crippen MR) is 117 cm³/mol. The number of urea groups is 1. The molecule has 1 aromatic carbocycles. The molecular weight excluding hydrogens is 383 g/mol. The van der Waals surface area contributed by atoms with Crippen molar-refractivity contribution in [1.29, 1.82) is 0 Å². The van der Waals surface area contributed by atoms with Gasteiger partial charge in [-0.2, -0.15) is 4.98 Å². The number of fused-ring (bicyclic) bond motifs is 1. The minimum Gasteiger partial charge on any atom is -0.357 e. The van der Waals surface area contributed by atoms with Gasteiger partial charge < -0.3 is 10.2 Å². The van der Waals surface area contributed by atoms with Gasteiger partial charge in [-0.25, -0.2) is 14.2 Å². The fourth-order valence-electron chi connectivity index (χ4n) is 4.60. The van der Waals surface area contributed by atoms with Crippen LogP contribution in [-0.4, -0.2) is 54.1 Å². The molecule has 1 fully saturated rings. The maximum absolute atomic E-state index is 14.8. The molecule has 0 radical (unpaired) electrons. The smallest absolute Gasteiger partial charge is 0.330 e. The molecule has 1 aromatic heterocycles. The zero-order valence-corrected chi connectivity index (χ0v) is 18.0. The van der Waals surface area contributed by atoms with E-state index in [1.807, 2.05) is 13.0 Å². The lowest BCUT2D eigenvalue weighted by Crippen LogP contribution is -2.54. The van der Waals surface area contributed by atoms with E-state index in [2.05, 4.69) is 34.3 Å². The fraction of sp³-hybridized carbons (Fsp3) is 0.500. The second-order valence-electron chi connectivity index (χ2n) is 8.36. The molecular formula is C22H29FN6O. The van der Waals surface area contributed by atoms with Crippen molar-refractivity contribution in [3.05, 3.63) is 41.3 Å². The van der Waals surface area contributed by atoms with Gasteiger partial charge in [-0.15, -0.1) is 0 Å². The second kappa shape index (κ2) is 8.18. The van der Waals surface area contributed by atoms with Crippen LogP contribution in [0.5, 0.6) is 0 Å². The molecule has 0 unspecified atom stereocenters. The van der Waals surface area contributed by atoms with Crippen molar-refractivity contribution in [1.82, 2.24) is 14.9 Å². The summed E-state index contributed by atoms with van der Waals surface area (Å²) in [6, 6.07) is 5.22. The number of aryl methyl sites for hydroxylation is 1. The number of rotatable bonds is 4. The van der Waals surface area contributed by atoms with E-state index >= 15 is 0 Å². The molecule has 160 valence electrons. The Bertz CT molecular complexity index is 921. The van der Waals surface area contributed by atoms with E-state index in [1.54, 1.807) is 24.2 Å². The van der Waals surface area contributed by atoms with Crippen LogP contribution in [-0.2, 0) is 6.54 Å². The molecule has 0 bridgehead atoms. The topological polar surface area (TPSA) is 64.6 Å². The minimum atomic E-state index is -0.393. The number of halogens is 1. The van der Waals surface area contributed by atoms with Gasteiger partial charge in [0.05, 0.1) is 12.2 Å². The molecule has 7 nitrogen and oxygen atoms in total. The normalized spacial score (nSPS) is 21.7. The van der Waals surface area contributed by atoms with Gasteiger partial charge in [0.15, 0.2) is 0 Å². The molecule has 2 heterocycles. The summed E-state index contributed by atoms with van der Waals surface area (Å²) in [5, 5.41) is 2.96. The largest absolute Gasteiger partial charge is 0.357 e. The number of carbonyl (C=O) groups excluding carboxylic acids is 1. The first kappa shape index (κ1) is 20.5. The Labute approximate surface area is 176 Å². The Morgan fingerprint density at radius 2 is 1.93 bits per heavy atom. The summed E-state index contributed by atoms with van der Waals surface area (Å²) in [5.74, 6) is 0.720. The highest BCUT2D eigenvalue weighted by Gasteiger charge is 2.40. The monoisotopic (exact) mass is 412 g/mol. The number of amides is 2. The molecule has 1 aliphatic heterocycles. The van der Waals surface area contributed by atoms with Crippen molar-refractivity contribution in [2.75, 3.05) is 36.3 Å². The first-order valence-corrected chi connectivity index (χ1v) is 10.5. The Morgan fingerprint density at radius 1 is 1.20 bits per heavy atom. The standard InChI is InChI=1S/C22H29FN6O/c1-14-6-5-7-18(23)19(14)28-13-15-12-25-21(24-2)26-20(15)29(22(28)30)17-10-8-16(9-11-17)27(3)4/h5-7,12,16-17H,8-11,13H2,1-4H3,(H,24,25,26). The fourth-order valence-corrected chi connectivity index (χ4v) is 4.60. The van der Waals surface area contributed by atoms with Crippen LogP contribution < -0.4 is 15.1 Å². The van der Waals surface area contributed by atoms with E-state index < -0.39 is 5.82 Å². The lowest BCUT2D eigenvalue weighted by molar-refractivity contribution is 0.208. The summed E-state index contributed by atoms with van der Waals surface area (Å²) < 4.78 is 14.8. The van der Waals surface area contributed by atoms with Crippen LogP contribution in [0.25, 0.3) is 0 Å². The number of aromatic nitrogens is 2. The number of hydrogen-bond acceptors (Lipinski definition) is 5. The molecule has 1 aliphatic carbocycles. The average Bonchev–Trinajstić information content (AvgIpc) is 2.73. The quantitative estimate of drug-likeness (QED) is 0.828. The van der Waals surface area contributed by atoms with Crippen molar-refractivity contribution in [3.8, 4) is 0 Å². The first-order chi connectivity index (χ1) is 14.4. The van der Waals surface area contributed by atoms with Crippen molar-refractivity contribution >= 4 is 23.5 Å². The molecule has 2 aliphatic rings. The molecule has 0 atom stereocenters. The van der Waals surface area contributed by atoms with Gasteiger partial charge in [-0.3, -0.25) is 9.80 Å². The van der Waals surface area contributed by atoms with Gasteiger partial charge in [-0.05, 0) is 58.3 Å². The second-order valence-corrected chi connectivity index (χ2v) is 8.36. The van der Waals surface area contributed by atoms with Crippen LogP contribution in [0, 0.1) is 12.7 Å². The highest BCUT2D eigenvalue weighted by molar-refractivity contribution is 6.06. The Kier molecular flexibility index (Phi) is 5.60. The van der Waals surface area contributed by atoms with E-state index in [1.165, 1.54) is 11.0 Å². The van der Waals surface area contributed by atoms with E-state index in [-0.39, 0.29) is 18.6 Å². The molecule has 1 N–H and O–H groups in total. The number of benzene rings is 1. The van der Waals surface area contributed by atoms with Crippen LogP contribution in [0.1, 0.15) is 36.8 Å². The van der Waals surface area contributed by atoms with Crippen molar-refractivity contribution in [2.24, 2.45) is 0 Å². The first-order valence-electron chi connectivity index (χ1n) is 10.5.